The molecule has 3 rings (SSSR count). The van der Waals surface area contributed by atoms with Crippen LogP contribution in [0, 0.1) is 0 Å². The third-order valence-electron chi connectivity index (χ3n) is 5.14. The van der Waals surface area contributed by atoms with Crippen molar-refractivity contribution in [2.45, 2.75) is 31.9 Å². The minimum atomic E-state index is -0.423. The van der Waals surface area contributed by atoms with Crippen LogP contribution in [0.4, 0.5) is 0 Å². The number of nitrogens with one attached hydrogen (secondary N) is 1. The summed E-state index contributed by atoms with van der Waals surface area (Å²) in [5.41, 5.74) is 1.20. The van der Waals surface area contributed by atoms with Gasteiger partial charge in [0.15, 0.2) is 11.5 Å². The van der Waals surface area contributed by atoms with Crippen molar-refractivity contribution in [3.8, 4) is 28.7 Å². The van der Waals surface area contributed by atoms with E-state index in [0.717, 1.165) is 5.56 Å². The highest BCUT2D eigenvalue weighted by Gasteiger charge is 2.34. The molecule has 0 radical (unpaired) electrons. The maximum atomic E-state index is 12.7. The fourth-order valence-electron chi connectivity index (χ4n) is 3.73. The highest BCUT2D eigenvalue weighted by Crippen LogP contribution is 2.42. The lowest BCUT2D eigenvalue weighted by molar-refractivity contribution is -0.117. The molecule has 0 aromatic heterocycles. The molecule has 0 saturated carbocycles. The minimum Gasteiger partial charge on any atom is -0.497 e. The van der Waals surface area contributed by atoms with Crippen molar-refractivity contribution in [2.75, 3.05) is 28.4 Å². The first kappa shape index (κ1) is 22.3. The predicted octanol–water partition coefficient (Wildman–Crippen LogP) is 4.15. The molecule has 0 aliphatic carbocycles. The van der Waals surface area contributed by atoms with Gasteiger partial charge in [0.2, 0.25) is 11.7 Å². The number of benzene rings is 2. The minimum absolute atomic E-state index is 0.186. The van der Waals surface area contributed by atoms with E-state index in [1.165, 1.54) is 6.08 Å². The Labute approximate surface area is 182 Å². The largest absolute Gasteiger partial charge is 0.497 e. The van der Waals surface area contributed by atoms with Crippen molar-refractivity contribution >= 4 is 12.0 Å². The van der Waals surface area contributed by atoms with Crippen molar-refractivity contribution < 1.29 is 28.5 Å². The van der Waals surface area contributed by atoms with Gasteiger partial charge >= 0.3 is 0 Å². The number of hydrogen-bond donors (Lipinski definition) is 1. The van der Waals surface area contributed by atoms with Gasteiger partial charge < -0.3 is 29.0 Å². The fraction of sp³-hybridized carbons (Fsp3) is 0.375. The number of carbonyl (C=O) groups excluding carboxylic acids is 1. The molecular formula is C24H29NO6. The molecule has 1 unspecified atom stereocenters. The molecule has 0 spiro atoms. The number of ether oxygens (including phenoxy) is 5. The summed E-state index contributed by atoms with van der Waals surface area (Å²) in [6.45, 7) is 4.00. The molecule has 2 aromatic rings. The molecule has 0 fully saturated rings. The van der Waals surface area contributed by atoms with Gasteiger partial charge in [0.05, 0.1) is 34.5 Å². The summed E-state index contributed by atoms with van der Waals surface area (Å²) >= 11 is 0. The number of hydrogen-bond acceptors (Lipinski definition) is 6. The lowest BCUT2D eigenvalue weighted by Gasteiger charge is -2.37. The molecule has 1 N–H and O–H groups in total. The number of methoxy groups -OCH3 is 4. The molecule has 0 saturated heterocycles. The second-order valence-corrected chi connectivity index (χ2v) is 7.79. The van der Waals surface area contributed by atoms with E-state index >= 15 is 0 Å². The molecule has 2 aromatic carbocycles. The van der Waals surface area contributed by atoms with E-state index in [2.05, 4.69) is 5.32 Å². The van der Waals surface area contributed by atoms with Crippen LogP contribution >= 0.6 is 0 Å². The number of carbonyl (C=O) groups is 1. The van der Waals surface area contributed by atoms with Gasteiger partial charge in [-0.15, -0.1) is 0 Å². The third-order valence-corrected chi connectivity index (χ3v) is 5.14. The van der Waals surface area contributed by atoms with Crippen molar-refractivity contribution in [3.63, 3.8) is 0 Å². The number of amides is 1. The molecule has 1 aliphatic rings. The zero-order valence-corrected chi connectivity index (χ0v) is 18.8. The lowest BCUT2D eigenvalue weighted by Crippen LogP contribution is -2.40. The van der Waals surface area contributed by atoms with E-state index in [0.29, 0.717) is 40.7 Å². The van der Waals surface area contributed by atoms with E-state index in [9.17, 15) is 4.79 Å². The molecule has 1 heterocycles. The summed E-state index contributed by atoms with van der Waals surface area (Å²) < 4.78 is 27.6. The van der Waals surface area contributed by atoms with Crippen LogP contribution in [0.15, 0.2) is 36.4 Å². The van der Waals surface area contributed by atoms with Crippen LogP contribution in [0.3, 0.4) is 0 Å². The molecule has 1 atom stereocenters. The first-order chi connectivity index (χ1) is 14.8. The molecule has 166 valence electrons. The average molecular weight is 427 g/mol. The summed E-state index contributed by atoms with van der Waals surface area (Å²) in [6.07, 6.45) is 3.82. The van der Waals surface area contributed by atoms with Crippen LogP contribution in [-0.2, 0) is 4.79 Å². The van der Waals surface area contributed by atoms with Crippen molar-refractivity contribution in [3.05, 3.63) is 47.5 Å². The quantitative estimate of drug-likeness (QED) is 0.669. The normalized spacial score (nSPS) is 16.8. The predicted molar refractivity (Wildman–Crippen MR) is 118 cm³/mol. The molecule has 7 heteroatoms. The Hall–Kier alpha value is -3.35. The molecule has 7 nitrogen and oxygen atoms in total. The summed E-state index contributed by atoms with van der Waals surface area (Å²) in [6, 6.07) is 9.03. The summed E-state index contributed by atoms with van der Waals surface area (Å²) in [5, 5.41) is 3.08. The van der Waals surface area contributed by atoms with Gasteiger partial charge in [-0.1, -0.05) is 0 Å². The lowest BCUT2D eigenvalue weighted by atomic mass is 9.89. The Kier molecular flexibility index (Phi) is 6.63. The first-order valence-corrected chi connectivity index (χ1v) is 9.96. The zero-order valence-electron chi connectivity index (χ0n) is 18.8. The van der Waals surface area contributed by atoms with Gasteiger partial charge in [-0.05, 0) is 44.2 Å². The average Bonchev–Trinajstić information content (AvgIpc) is 2.75. The molecule has 31 heavy (non-hydrogen) atoms. The first-order valence-electron chi connectivity index (χ1n) is 9.96. The summed E-state index contributed by atoms with van der Waals surface area (Å²) in [7, 11) is 6.26. The maximum absolute atomic E-state index is 12.7. The van der Waals surface area contributed by atoms with Crippen LogP contribution in [0.5, 0.6) is 28.7 Å². The van der Waals surface area contributed by atoms with Gasteiger partial charge in [-0.3, -0.25) is 4.79 Å². The molecule has 1 aliphatic heterocycles. The second kappa shape index (κ2) is 9.20. The van der Waals surface area contributed by atoms with Crippen LogP contribution < -0.4 is 29.0 Å². The topological polar surface area (TPSA) is 75.3 Å². The van der Waals surface area contributed by atoms with Crippen LogP contribution in [0.1, 0.15) is 37.4 Å². The Morgan fingerprint density at radius 3 is 2.42 bits per heavy atom. The van der Waals surface area contributed by atoms with Crippen LogP contribution in [0.2, 0.25) is 0 Å². The highest BCUT2D eigenvalue weighted by atomic mass is 16.5. The summed E-state index contributed by atoms with van der Waals surface area (Å²) in [5.74, 6) is 2.73. The Balaban J connectivity index is 1.82. The highest BCUT2D eigenvalue weighted by molar-refractivity contribution is 5.92. The van der Waals surface area contributed by atoms with Crippen molar-refractivity contribution in [2.24, 2.45) is 0 Å². The van der Waals surface area contributed by atoms with E-state index in [1.807, 2.05) is 38.1 Å². The van der Waals surface area contributed by atoms with Gasteiger partial charge in [-0.25, -0.2) is 0 Å². The van der Waals surface area contributed by atoms with Gasteiger partial charge in [-0.2, -0.15) is 0 Å². The summed E-state index contributed by atoms with van der Waals surface area (Å²) in [4.78, 5) is 12.7. The monoisotopic (exact) mass is 427 g/mol. The molecule has 1 amide bonds. The van der Waals surface area contributed by atoms with E-state index in [1.54, 1.807) is 40.6 Å². The Morgan fingerprint density at radius 1 is 1.03 bits per heavy atom. The van der Waals surface area contributed by atoms with E-state index in [-0.39, 0.29) is 11.9 Å². The Morgan fingerprint density at radius 2 is 1.77 bits per heavy atom. The number of rotatable bonds is 7. The molecule has 0 bridgehead atoms. The van der Waals surface area contributed by atoms with Crippen molar-refractivity contribution in [1.82, 2.24) is 5.32 Å². The second-order valence-electron chi connectivity index (χ2n) is 7.79. The smallest absolute Gasteiger partial charge is 0.244 e. The number of fused-ring (bicyclic) bond motifs is 1. The van der Waals surface area contributed by atoms with E-state index in [4.69, 9.17) is 23.7 Å². The van der Waals surface area contributed by atoms with Gasteiger partial charge in [0.25, 0.3) is 0 Å². The van der Waals surface area contributed by atoms with Gasteiger partial charge in [0.1, 0.15) is 17.1 Å². The van der Waals surface area contributed by atoms with Gasteiger partial charge in [0, 0.05) is 29.7 Å². The standard InChI is InChI=1S/C24H29NO6/c1-24(2)14-18(17-10-9-16(27-3)13-20(17)31-24)25-21(26)12-8-15-7-11-19(28-4)23(30-6)22(15)29-5/h7-13,18H,14H2,1-6H3,(H,25,26)/b12-8+. The van der Waals surface area contributed by atoms with E-state index < -0.39 is 5.60 Å². The fourth-order valence-corrected chi connectivity index (χ4v) is 3.73. The molecular weight excluding hydrogens is 398 g/mol. The van der Waals surface area contributed by atoms with Crippen LogP contribution in [0.25, 0.3) is 6.08 Å². The Bertz CT molecular complexity index is 982. The SMILES string of the molecule is COc1ccc2c(c1)OC(C)(C)CC2NC(=O)/C=C/c1ccc(OC)c(OC)c1OC. The van der Waals surface area contributed by atoms with Crippen LogP contribution in [-0.4, -0.2) is 39.9 Å². The third kappa shape index (κ3) is 4.87. The zero-order chi connectivity index (χ0) is 22.6. The van der Waals surface area contributed by atoms with Crippen molar-refractivity contribution in [1.29, 1.82) is 0 Å². The maximum Gasteiger partial charge on any atom is 0.244 e.